The van der Waals surface area contributed by atoms with Gasteiger partial charge in [-0.05, 0) is 172 Å². The van der Waals surface area contributed by atoms with E-state index in [1.807, 2.05) is 0 Å². The van der Waals surface area contributed by atoms with Gasteiger partial charge in [-0.3, -0.25) is 0 Å². The highest BCUT2D eigenvalue weighted by molar-refractivity contribution is 7.00. The van der Waals surface area contributed by atoms with Gasteiger partial charge in [-0.2, -0.15) is 0 Å². The average molecular weight is 1090 g/mol. The minimum atomic E-state index is -0.258. The van der Waals surface area contributed by atoms with Crippen LogP contribution >= 0.6 is 0 Å². The van der Waals surface area contributed by atoms with Crippen LogP contribution in [-0.4, -0.2) is 6.71 Å². The van der Waals surface area contributed by atoms with Gasteiger partial charge in [0.15, 0.2) is 0 Å². The molecule has 9 aromatic carbocycles. The van der Waals surface area contributed by atoms with E-state index in [0.29, 0.717) is 0 Å². The van der Waals surface area contributed by atoms with Crippen LogP contribution in [0.25, 0.3) is 22.3 Å². The first-order chi connectivity index (χ1) is 39.0. The Morgan fingerprint density at radius 2 is 0.747 bits per heavy atom. The molecule has 3 aliphatic rings. The molecule has 0 aromatic heterocycles. The predicted molar refractivity (Wildman–Crippen MR) is 360 cm³/mol. The second-order valence-corrected chi connectivity index (χ2v) is 30.2. The Labute approximate surface area is 499 Å². The van der Waals surface area contributed by atoms with Gasteiger partial charge in [0.2, 0.25) is 0 Å². The third-order valence-electron chi connectivity index (χ3n) is 19.8. The fraction of sp³-hybridized carbons (Fsp3) is 0.325. The van der Waals surface area contributed by atoms with E-state index in [4.69, 9.17) is 0 Å². The summed E-state index contributed by atoms with van der Waals surface area (Å²) in [5.74, 6) is 0. The maximum atomic E-state index is 2.73. The molecule has 420 valence electrons. The van der Waals surface area contributed by atoms with Crippen LogP contribution in [0, 0.1) is 0 Å². The number of anilines is 6. The highest BCUT2D eigenvalue weighted by Gasteiger charge is 2.48. The lowest BCUT2D eigenvalue weighted by Crippen LogP contribution is -2.62. The van der Waals surface area contributed by atoms with Crippen molar-refractivity contribution in [2.24, 2.45) is 0 Å². The van der Waals surface area contributed by atoms with E-state index in [1.54, 1.807) is 0 Å². The minimum Gasteiger partial charge on any atom is -0.311 e. The van der Waals surface area contributed by atoms with Crippen LogP contribution in [0.3, 0.4) is 0 Å². The van der Waals surface area contributed by atoms with Gasteiger partial charge in [0.1, 0.15) is 0 Å². The zero-order chi connectivity index (χ0) is 59.0. The van der Waals surface area contributed by atoms with Gasteiger partial charge in [-0.25, -0.2) is 0 Å². The summed E-state index contributed by atoms with van der Waals surface area (Å²) >= 11 is 0. The van der Waals surface area contributed by atoms with E-state index in [9.17, 15) is 0 Å². The first-order valence-electron chi connectivity index (χ1n) is 30.7. The van der Waals surface area contributed by atoms with Gasteiger partial charge in [0.25, 0.3) is 6.71 Å². The van der Waals surface area contributed by atoms with Gasteiger partial charge in [-0.1, -0.05) is 263 Å². The summed E-state index contributed by atoms with van der Waals surface area (Å²) in [4.78, 5) is 5.36. The third kappa shape index (κ3) is 9.69. The van der Waals surface area contributed by atoms with Crippen LogP contribution in [-0.2, 0) is 37.9 Å². The molecule has 2 aliphatic heterocycles. The van der Waals surface area contributed by atoms with E-state index in [-0.39, 0.29) is 44.6 Å². The summed E-state index contributed by atoms with van der Waals surface area (Å²) in [7, 11) is 0. The molecule has 83 heavy (non-hydrogen) atoms. The van der Waals surface area contributed by atoms with Crippen molar-refractivity contribution in [3.63, 3.8) is 0 Å². The quantitative estimate of drug-likeness (QED) is 0.140. The normalized spacial score (nSPS) is 15.6. The van der Waals surface area contributed by atoms with Crippen molar-refractivity contribution in [2.45, 2.75) is 168 Å². The molecule has 0 amide bonds. The molecule has 0 fully saturated rings. The molecule has 12 rings (SSSR count). The van der Waals surface area contributed by atoms with Crippen molar-refractivity contribution in [1.82, 2.24) is 0 Å². The van der Waals surface area contributed by atoms with Crippen molar-refractivity contribution < 1.29 is 0 Å². The Morgan fingerprint density at radius 3 is 1.29 bits per heavy atom. The SMILES string of the molecule is CC(C)(C)c1ccc(-c2ccc(-c3cc(C(C)(C)C)ccc3N3c4cc5c(cc4B4c6cc(C(C)(C)c7ccccc7)ccc6N(c6ccc(C(C)(C)c7ccccc7)cc6)c6cc(C(C)(C)C)cc3c64)C(C)(C)CCC5(C)C)cc2)cc1. The van der Waals surface area contributed by atoms with E-state index in [0.717, 1.165) is 18.5 Å². The minimum absolute atomic E-state index is 0.00576. The van der Waals surface area contributed by atoms with E-state index >= 15 is 0 Å². The molecule has 2 heterocycles. The number of nitrogens with zero attached hydrogens (tertiary/aromatic N) is 2. The molecule has 9 aromatic rings. The highest BCUT2D eigenvalue weighted by Crippen LogP contribution is 2.53. The Bertz CT molecular complexity index is 3930. The fourth-order valence-corrected chi connectivity index (χ4v) is 13.9. The standard InChI is InChI=1S/C80H87BN2/c1-74(2,3)55-34-32-53(33-35-55)52-28-30-54(31-29-52)63-46-59(75(4,5)6)38-42-68(63)83-70-51-65-64(77(10,11)44-45-78(65,12)13)50-67(70)81-66-47-60(80(16,17)57-26-22-19-23-27-57)39-43-69(66)82(71-48-61(76(7,8)9)49-72(83)73(71)81)62-40-36-58(37-41-62)79(14,15)56-24-20-18-21-25-56/h18-43,46-51H,44-45H2,1-17H3. The number of benzene rings is 9. The second kappa shape index (κ2) is 19.6. The maximum absolute atomic E-state index is 2.73. The van der Waals surface area contributed by atoms with Crippen LogP contribution in [0.5, 0.6) is 0 Å². The van der Waals surface area contributed by atoms with Crippen molar-refractivity contribution in [3.05, 3.63) is 244 Å². The number of fused-ring (bicyclic) bond motifs is 5. The van der Waals surface area contributed by atoms with Gasteiger partial charge >= 0.3 is 0 Å². The van der Waals surface area contributed by atoms with Crippen LogP contribution in [0.15, 0.2) is 194 Å². The molecule has 0 bridgehead atoms. The van der Waals surface area contributed by atoms with Gasteiger partial charge < -0.3 is 9.80 Å². The predicted octanol–water partition coefficient (Wildman–Crippen LogP) is 20.0. The first kappa shape index (κ1) is 56.1. The Kier molecular flexibility index (Phi) is 13.3. The molecule has 0 unspecified atom stereocenters. The number of rotatable bonds is 8. The molecule has 2 nitrogen and oxygen atoms in total. The molecule has 0 saturated heterocycles. The van der Waals surface area contributed by atoms with Gasteiger partial charge in [0.05, 0.1) is 5.69 Å². The topological polar surface area (TPSA) is 6.48 Å². The molecular weight excluding hydrogens is 1000 g/mol. The average Bonchev–Trinajstić information content (AvgIpc) is 1.17. The lowest BCUT2D eigenvalue weighted by molar-refractivity contribution is 0.332. The molecule has 0 atom stereocenters. The van der Waals surface area contributed by atoms with Crippen LogP contribution in [0.2, 0.25) is 0 Å². The molecule has 1 aliphatic carbocycles. The second-order valence-electron chi connectivity index (χ2n) is 30.2. The third-order valence-corrected chi connectivity index (χ3v) is 19.8. The number of hydrogen-bond donors (Lipinski definition) is 0. The summed E-state index contributed by atoms with van der Waals surface area (Å²) in [6.07, 6.45) is 2.28. The summed E-state index contributed by atoms with van der Waals surface area (Å²) in [6, 6.07) is 75.7. The Morgan fingerprint density at radius 1 is 0.325 bits per heavy atom. The molecule has 3 heteroatoms. The molecule has 0 N–H and O–H groups in total. The van der Waals surface area contributed by atoms with Crippen LogP contribution < -0.4 is 26.2 Å². The molecule has 0 radical (unpaired) electrons. The summed E-state index contributed by atoms with van der Waals surface area (Å²) in [5, 5.41) is 0. The monoisotopic (exact) mass is 1090 g/mol. The zero-order valence-corrected chi connectivity index (χ0v) is 52.9. The van der Waals surface area contributed by atoms with Gasteiger partial charge in [0, 0.05) is 44.8 Å². The number of hydrogen-bond acceptors (Lipinski definition) is 2. The molecular formula is C80H87BN2. The Balaban J connectivity index is 1.16. The lowest BCUT2D eigenvalue weighted by atomic mass is 9.32. The highest BCUT2D eigenvalue weighted by atomic mass is 15.2. The van der Waals surface area contributed by atoms with Crippen molar-refractivity contribution in [1.29, 1.82) is 0 Å². The smallest absolute Gasteiger partial charge is 0.252 e. The Hall–Kier alpha value is -7.36. The van der Waals surface area contributed by atoms with Crippen LogP contribution in [0.1, 0.15) is 181 Å². The summed E-state index contributed by atoms with van der Waals surface area (Å²) in [5.41, 5.74) is 27.9. The molecule has 0 spiro atoms. The maximum Gasteiger partial charge on any atom is 0.252 e. The van der Waals surface area contributed by atoms with Crippen molar-refractivity contribution >= 4 is 57.2 Å². The van der Waals surface area contributed by atoms with Crippen molar-refractivity contribution in [2.75, 3.05) is 9.80 Å². The van der Waals surface area contributed by atoms with Crippen LogP contribution in [0.4, 0.5) is 34.1 Å². The van der Waals surface area contributed by atoms with Gasteiger partial charge in [-0.15, -0.1) is 0 Å². The summed E-state index contributed by atoms with van der Waals surface area (Å²) < 4.78 is 0. The lowest BCUT2D eigenvalue weighted by Gasteiger charge is -2.48. The first-order valence-corrected chi connectivity index (χ1v) is 30.7. The zero-order valence-electron chi connectivity index (χ0n) is 52.9. The van der Waals surface area contributed by atoms with Crippen molar-refractivity contribution in [3.8, 4) is 22.3 Å². The fourth-order valence-electron chi connectivity index (χ4n) is 13.9. The largest absolute Gasteiger partial charge is 0.311 e. The summed E-state index contributed by atoms with van der Waals surface area (Å²) in [6.45, 7) is 40.5. The van der Waals surface area contributed by atoms with E-state index in [2.05, 4.69) is 322 Å². The van der Waals surface area contributed by atoms with E-state index < -0.39 is 0 Å². The molecule has 0 saturated carbocycles. The van der Waals surface area contributed by atoms with E-state index in [1.165, 1.54) is 117 Å².